The van der Waals surface area contributed by atoms with Gasteiger partial charge in [-0.2, -0.15) is 0 Å². The average molecular weight is 395 g/mol. The maximum Gasteiger partial charge on any atom is 0.364 e. The van der Waals surface area contributed by atoms with Crippen LogP contribution in [0, 0.1) is 0 Å². The van der Waals surface area contributed by atoms with Crippen LogP contribution in [0.1, 0.15) is 33.6 Å². The Morgan fingerprint density at radius 1 is 0.963 bits per heavy atom. The van der Waals surface area contributed by atoms with Crippen LogP contribution >= 0.6 is 0 Å². The van der Waals surface area contributed by atoms with E-state index in [-0.39, 0.29) is 6.42 Å². The van der Waals surface area contributed by atoms with Crippen molar-refractivity contribution in [3.8, 4) is 0 Å². The summed E-state index contributed by atoms with van der Waals surface area (Å²) in [7, 11) is 0. The van der Waals surface area contributed by atoms with E-state index in [1.54, 1.807) is 0 Å². The molecule has 4 atom stereocenters. The highest BCUT2D eigenvalue weighted by Gasteiger charge is 2.40. The molecule has 4 unspecified atom stereocenters. The molecule has 0 aromatic carbocycles. The van der Waals surface area contributed by atoms with E-state index in [0.29, 0.717) is 0 Å². The Bertz CT molecular complexity index is 548. The second-order valence-electron chi connectivity index (χ2n) is 5.89. The molecule has 0 saturated heterocycles. The van der Waals surface area contributed by atoms with Gasteiger partial charge in [-0.3, -0.25) is 14.4 Å². The van der Waals surface area contributed by atoms with Crippen molar-refractivity contribution in [3.05, 3.63) is 0 Å². The smallest absolute Gasteiger partial charge is 0.364 e. The number of aliphatic hydroxyl groups is 3. The zero-order chi connectivity index (χ0) is 21.4. The van der Waals surface area contributed by atoms with Gasteiger partial charge in [-0.15, -0.1) is 0 Å². The Hall–Kier alpha value is -2.28. The summed E-state index contributed by atoms with van der Waals surface area (Å²) in [6, 6.07) is -1.26. The molecule has 0 heterocycles. The molecule has 12 heteroatoms. The number of ether oxygens (including phenoxy) is 3. The minimum Gasteiger partial charge on any atom is -0.477 e. The van der Waals surface area contributed by atoms with Crippen molar-refractivity contribution in [2.45, 2.75) is 63.8 Å². The van der Waals surface area contributed by atoms with Crippen molar-refractivity contribution >= 4 is 23.9 Å². The SMILES string of the molecule is CC(=O)OCC(O)C(CC(N)C(CC(O)(O)C(=O)O)OC(C)=O)OC(C)=O. The summed E-state index contributed by atoms with van der Waals surface area (Å²) in [6.45, 7) is 2.63. The minimum absolute atomic E-state index is 0.365. The topological polar surface area (TPSA) is 203 Å². The number of carbonyl (C=O) groups is 4. The number of carboxylic acid groups (broad SMARTS) is 1. The summed E-state index contributed by atoms with van der Waals surface area (Å²) in [4.78, 5) is 44.1. The summed E-state index contributed by atoms with van der Waals surface area (Å²) >= 11 is 0. The van der Waals surface area contributed by atoms with Gasteiger partial charge in [0.15, 0.2) is 0 Å². The predicted molar refractivity (Wildman–Crippen MR) is 85.8 cm³/mol. The van der Waals surface area contributed by atoms with Crippen LogP contribution in [0.25, 0.3) is 0 Å². The Labute approximate surface area is 154 Å². The van der Waals surface area contributed by atoms with Gasteiger partial charge >= 0.3 is 23.9 Å². The fraction of sp³-hybridized carbons (Fsp3) is 0.733. The van der Waals surface area contributed by atoms with Gasteiger partial charge in [0.25, 0.3) is 5.79 Å². The Morgan fingerprint density at radius 3 is 1.85 bits per heavy atom. The number of esters is 3. The molecule has 0 aliphatic carbocycles. The summed E-state index contributed by atoms with van der Waals surface area (Å²) in [5.41, 5.74) is 5.84. The average Bonchev–Trinajstić information content (AvgIpc) is 2.49. The van der Waals surface area contributed by atoms with Crippen LogP contribution < -0.4 is 5.73 Å². The molecular weight excluding hydrogens is 370 g/mol. The number of nitrogens with two attached hydrogens (primary N) is 1. The van der Waals surface area contributed by atoms with Gasteiger partial charge in [-0.1, -0.05) is 0 Å². The molecule has 12 nitrogen and oxygen atoms in total. The van der Waals surface area contributed by atoms with Crippen LogP contribution in [0.3, 0.4) is 0 Å². The van der Waals surface area contributed by atoms with Gasteiger partial charge in [0, 0.05) is 33.2 Å². The van der Waals surface area contributed by atoms with E-state index in [0.717, 1.165) is 20.8 Å². The van der Waals surface area contributed by atoms with Crippen LogP contribution in [-0.2, 0) is 33.4 Å². The van der Waals surface area contributed by atoms with E-state index in [1.165, 1.54) is 0 Å². The number of hydrogen-bond acceptors (Lipinski definition) is 11. The second-order valence-corrected chi connectivity index (χ2v) is 5.89. The van der Waals surface area contributed by atoms with Crippen LogP contribution in [-0.4, -0.2) is 81.1 Å². The largest absolute Gasteiger partial charge is 0.477 e. The molecule has 0 aliphatic rings. The first kappa shape index (κ1) is 24.7. The lowest BCUT2D eigenvalue weighted by Gasteiger charge is -2.31. The molecule has 0 radical (unpaired) electrons. The number of rotatable bonds is 11. The first-order valence-electron chi connectivity index (χ1n) is 7.85. The maximum absolute atomic E-state index is 11.2. The van der Waals surface area contributed by atoms with E-state index < -0.39 is 67.0 Å². The Kier molecular flexibility index (Phi) is 9.86. The summed E-state index contributed by atoms with van der Waals surface area (Å²) in [6.07, 6.45) is -5.61. The molecule has 0 saturated carbocycles. The summed E-state index contributed by atoms with van der Waals surface area (Å²) < 4.78 is 14.4. The van der Waals surface area contributed by atoms with Crippen LogP contribution in [0.5, 0.6) is 0 Å². The van der Waals surface area contributed by atoms with Crippen molar-refractivity contribution in [1.29, 1.82) is 0 Å². The lowest BCUT2D eigenvalue weighted by Crippen LogP contribution is -2.50. The molecule has 0 rings (SSSR count). The van der Waals surface area contributed by atoms with Gasteiger partial charge in [-0.25, -0.2) is 4.79 Å². The number of aliphatic carboxylic acids is 1. The third-order valence-corrected chi connectivity index (χ3v) is 3.33. The molecule has 0 aromatic rings. The number of aliphatic hydroxyl groups excluding tert-OH is 1. The third kappa shape index (κ3) is 9.84. The van der Waals surface area contributed by atoms with Crippen molar-refractivity contribution in [2.24, 2.45) is 5.73 Å². The maximum atomic E-state index is 11.2. The van der Waals surface area contributed by atoms with Gasteiger partial charge < -0.3 is 40.4 Å². The molecule has 0 aromatic heterocycles. The van der Waals surface area contributed by atoms with E-state index in [4.69, 9.17) is 20.3 Å². The Morgan fingerprint density at radius 2 is 1.44 bits per heavy atom. The lowest BCUT2D eigenvalue weighted by atomic mass is 9.95. The van der Waals surface area contributed by atoms with Crippen LogP contribution in [0.4, 0.5) is 0 Å². The summed E-state index contributed by atoms with van der Waals surface area (Å²) in [5, 5.41) is 37.8. The zero-order valence-electron chi connectivity index (χ0n) is 15.2. The van der Waals surface area contributed by atoms with E-state index in [1.807, 2.05) is 0 Å². The molecule has 0 fully saturated rings. The van der Waals surface area contributed by atoms with Crippen LogP contribution in [0.2, 0.25) is 0 Å². The fourth-order valence-electron chi connectivity index (χ4n) is 2.09. The highest BCUT2D eigenvalue weighted by molar-refractivity contribution is 5.75. The quantitative estimate of drug-likeness (QED) is 0.142. The monoisotopic (exact) mass is 395 g/mol. The van der Waals surface area contributed by atoms with Crippen molar-refractivity contribution < 1.29 is 53.8 Å². The van der Waals surface area contributed by atoms with Crippen molar-refractivity contribution in [1.82, 2.24) is 0 Å². The molecule has 0 aliphatic heterocycles. The lowest BCUT2D eigenvalue weighted by molar-refractivity contribution is -0.215. The van der Waals surface area contributed by atoms with Gasteiger partial charge in [0.05, 0.1) is 6.42 Å². The van der Waals surface area contributed by atoms with E-state index in [9.17, 15) is 34.5 Å². The van der Waals surface area contributed by atoms with Crippen molar-refractivity contribution in [2.75, 3.05) is 6.61 Å². The fourth-order valence-corrected chi connectivity index (χ4v) is 2.09. The Balaban J connectivity index is 5.29. The molecule has 6 N–H and O–H groups in total. The highest BCUT2D eigenvalue weighted by Crippen LogP contribution is 2.19. The summed E-state index contributed by atoms with van der Waals surface area (Å²) in [5.74, 6) is -7.57. The molecule has 0 bridgehead atoms. The molecular formula is C15H25NO11. The first-order chi connectivity index (χ1) is 12.3. The van der Waals surface area contributed by atoms with Gasteiger partial charge in [0.1, 0.15) is 24.9 Å². The minimum atomic E-state index is -3.23. The predicted octanol–water partition coefficient (Wildman–Crippen LogP) is -2.35. The standard InChI is InChI=1S/C15H25NO11/c1-7(17)25-6-11(20)12(26-8(2)18)4-10(16)13(27-9(3)19)5-15(23,24)14(21)22/h10-13,20,23-24H,4-6,16H2,1-3H3,(H,21,22). The van der Waals surface area contributed by atoms with Crippen LogP contribution in [0.15, 0.2) is 0 Å². The number of hydrogen-bond donors (Lipinski definition) is 5. The third-order valence-electron chi connectivity index (χ3n) is 3.33. The van der Waals surface area contributed by atoms with E-state index >= 15 is 0 Å². The normalized spacial score (nSPS) is 15.8. The van der Waals surface area contributed by atoms with Crippen molar-refractivity contribution in [3.63, 3.8) is 0 Å². The zero-order valence-corrected chi connectivity index (χ0v) is 15.2. The highest BCUT2D eigenvalue weighted by atomic mass is 16.6. The van der Waals surface area contributed by atoms with Gasteiger partial charge in [-0.05, 0) is 0 Å². The molecule has 0 amide bonds. The molecule has 27 heavy (non-hydrogen) atoms. The molecule has 156 valence electrons. The number of carbonyl (C=O) groups excluding carboxylic acids is 3. The molecule has 0 spiro atoms. The number of carboxylic acids is 1. The van der Waals surface area contributed by atoms with Gasteiger partial charge in [0.2, 0.25) is 0 Å². The first-order valence-corrected chi connectivity index (χ1v) is 7.85. The second kappa shape index (κ2) is 10.8. The van der Waals surface area contributed by atoms with E-state index in [2.05, 4.69) is 4.74 Å².